The van der Waals surface area contributed by atoms with E-state index in [1.165, 1.54) is 56.2 Å². The second kappa shape index (κ2) is 3.40. The second-order valence-corrected chi connectivity index (χ2v) is 4.54. The molecule has 15 heavy (non-hydrogen) atoms. The third kappa shape index (κ3) is 1.56. The number of aromatic nitrogens is 1. The Kier molecular flexibility index (Phi) is 2.04. The molecule has 2 aliphatic heterocycles. The number of hydrogen-bond acceptors (Lipinski definition) is 3. The van der Waals surface area contributed by atoms with E-state index in [0.29, 0.717) is 0 Å². The van der Waals surface area contributed by atoms with Crippen molar-refractivity contribution in [3.8, 4) is 0 Å². The van der Waals surface area contributed by atoms with Crippen LogP contribution in [0, 0.1) is 6.92 Å². The first-order valence-corrected chi connectivity index (χ1v) is 5.81. The van der Waals surface area contributed by atoms with Gasteiger partial charge < -0.3 is 9.80 Å². The van der Waals surface area contributed by atoms with Gasteiger partial charge in [0, 0.05) is 26.2 Å². The molecule has 0 spiro atoms. The van der Waals surface area contributed by atoms with Crippen LogP contribution in [0.3, 0.4) is 0 Å². The summed E-state index contributed by atoms with van der Waals surface area (Å²) >= 11 is 0. The van der Waals surface area contributed by atoms with Crippen molar-refractivity contribution in [1.82, 2.24) is 4.98 Å². The SMILES string of the molecule is Cc1cc(N2CCC2)nc(N2CCC2)c1. The summed E-state index contributed by atoms with van der Waals surface area (Å²) in [5, 5.41) is 0. The molecular formula is C12H17N3. The smallest absolute Gasteiger partial charge is 0.131 e. The molecule has 0 atom stereocenters. The number of pyridine rings is 1. The summed E-state index contributed by atoms with van der Waals surface area (Å²) < 4.78 is 0. The summed E-state index contributed by atoms with van der Waals surface area (Å²) in [6, 6.07) is 4.39. The number of aryl methyl sites for hydroxylation is 1. The first-order chi connectivity index (χ1) is 7.33. The summed E-state index contributed by atoms with van der Waals surface area (Å²) in [7, 11) is 0. The zero-order valence-corrected chi connectivity index (χ0v) is 9.24. The van der Waals surface area contributed by atoms with Crippen molar-refractivity contribution >= 4 is 11.6 Å². The van der Waals surface area contributed by atoms with Gasteiger partial charge in [-0.3, -0.25) is 0 Å². The van der Waals surface area contributed by atoms with Crippen molar-refractivity contribution in [2.24, 2.45) is 0 Å². The lowest BCUT2D eigenvalue weighted by molar-refractivity contribution is 0.595. The lowest BCUT2D eigenvalue weighted by atomic mass is 10.1. The van der Waals surface area contributed by atoms with Crippen molar-refractivity contribution < 1.29 is 0 Å². The van der Waals surface area contributed by atoms with Crippen LogP contribution in [-0.4, -0.2) is 31.2 Å². The van der Waals surface area contributed by atoms with Gasteiger partial charge in [-0.2, -0.15) is 0 Å². The summed E-state index contributed by atoms with van der Waals surface area (Å²) in [6.45, 7) is 6.87. The summed E-state index contributed by atoms with van der Waals surface area (Å²) in [6.07, 6.45) is 2.63. The molecular weight excluding hydrogens is 186 g/mol. The molecule has 0 amide bonds. The fourth-order valence-electron chi connectivity index (χ4n) is 2.05. The predicted molar refractivity (Wildman–Crippen MR) is 62.6 cm³/mol. The van der Waals surface area contributed by atoms with Crippen LogP contribution in [0.2, 0.25) is 0 Å². The fourth-order valence-corrected chi connectivity index (χ4v) is 2.05. The van der Waals surface area contributed by atoms with E-state index < -0.39 is 0 Å². The summed E-state index contributed by atoms with van der Waals surface area (Å²) in [4.78, 5) is 9.44. The predicted octanol–water partition coefficient (Wildman–Crippen LogP) is 1.81. The Bertz CT molecular complexity index is 335. The Morgan fingerprint density at radius 1 is 0.933 bits per heavy atom. The molecule has 1 aromatic rings. The molecule has 0 radical (unpaired) electrons. The number of rotatable bonds is 2. The molecule has 0 saturated carbocycles. The number of nitrogens with zero attached hydrogens (tertiary/aromatic N) is 3. The van der Waals surface area contributed by atoms with Crippen molar-refractivity contribution in [2.45, 2.75) is 19.8 Å². The van der Waals surface area contributed by atoms with Crippen molar-refractivity contribution in [2.75, 3.05) is 36.0 Å². The molecule has 0 N–H and O–H groups in total. The fraction of sp³-hybridized carbons (Fsp3) is 0.583. The lowest BCUT2D eigenvalue weighted by Crippen LogP contribution is -2.40. The second-order valence-electron chi connectivity index (χ2n) is 4.54. The van der Waals surface area contributed by atoms with Gasteiger partial charge >= 0.3 is 0 Å². The van der Waals surface area contributed by atoms with Gasteiger partial charge in [0.15, 0.2) is 0 Å². The molecule has 1 aromatic heterocycles. The number of hydrogen-bond donors (Lipinski definition) is 0. The molecule has 2 aliphatic rings. The van der Waals surface area contributed by atoms with Crippen LogP contribution in [0.4, 0.5) is 11.6 Å². The maximum absolute atomic E-state index is 4.73. The molecule has 3 nitrogen and oxygen atoms in total. The van der Waals surface area contributed by atoms with Crippen molar-refractivity contribution in [3.05, 3.63) is 17.7 Å². The van der Waals surface area contributed by atoms with E-state index in [2.05, 4.69) is 28.9 Å². The maximum atomic E-state index is 4.73. The van der Waals surface area contributed by atoms with Gasteiger partial charge in [0.25, 0.3) is 0 Å². The first kappa shape index (κ1) is 9.01. The van der Waals surface area contributed by atoms with Crippen LogP contribution in [0.25, 0.3) is 0 Å². The molecule has 2 fully saturated rings. The van der Waals surface area contributed by atoms with Crippen LogP contribution in [-0.2, 0) is 0 Å². The Hall–Kier alpha value is -1.25. The zero-order valence-electron chi connectivity index (χ0n) is 9.24. The van der Waals surface area contributed by atoms with Gasteiger partial charge in [0.1, 0.15) is 11.6 Å². The minimum Gasteiger partial charge on any atom is -0.356 e. The van der Waals surface area contributed by atoms with Crippen LogP contribution >= 0.6 is 0 Å². The number of anilines is 2. The van der Waals surface area contributed by atoms with E-state index in [9.17, 15) is 0 Å². The third-order valence-corrected chi connectivity index (χ3v) is 3.30. The summed E-state index contributed by atoms with van der Waals surface area (Å²) in [5.41, 5.74) is 1.33. The molecule has 3 heterocycles. The van der Waals surface area contributed by atoms with Gasteiger partial charge in [-0.1, -0.05) is 0 Å². The van der Waals surface area contributed by atoms with Crippen LogP contribution in [0.5, 0.6) is 0 Å². The van der Waals surface area contributed by atoms with Crippen LogP contribution in [0.15, 0.2) is 12.1 Å². The third-order valence-electron chi connectivity index (χ3n) is 3.30. The van der Waals surface area contributed by atoms with Crippen LogP contribution in [0.1, 0.15) is 18.4 Å². The van der Waals surface area contributed by atoms with E-state index in [4.69, 9.17) is 4.98 Å². The van der Waals surface area contributed by atoms with Crippen LogP contribution < -0.4 is 9.80 Å². The van der Waals surface area contributed by atoms with E-state index in [1.807, 2.05) is 0 Å². The molecule has 0 aromatic carbocycles. The minimum absolute atomic E-state index is 1.17. The van der Waals surface area contributed by atoms with Crippen molar-refractivity contribution in [3.63, 3.8) is 0 Å². The quantitative estimate of drug-likeness (QED) is 0.730. The maximum Gasteiger partial charge on any atom is 0.131 e. The van der Waals surface area contributed by atoms with Crippen molar-refractivity contribution in [1.29, 1.82) is 0 Å². The highest BCUT2D eigenvalue weighted by Crippen LogP contribution is 2.25. The van der Waals surface area contributed by atoms with E-state index >= 15 is 0 Å². The zero-order chi connectivity index (χ0) is 10.3. The molecule has 2 saturated heterocycles. The normalized spacial score (nSPS) is 19.8. The Labute approximate surface area is 90.7 Å². The highest BCUT2D eigenvalue weighted by Gasteiger charge is 2.20. The Balaban J connectivity index is 1.89. The minimum atomic E-state index is 1.17. The van der Waals surface area contributed by atoms with Gasteiger partial charge in [0.05, 0.1) is 0 Å². The molecule has 3 rings (SSSR count). The average molecular weight is 203 g/mol. The molecule has 0 aliphatic carbocycles. The molecule has 80 valence electrons. The van der Waals surface area contributed by atoms with Gasteiger partial charge in [0.2, 0.25) is 0 Å². The lowest BCUT2D eigenvalue weighted by Gasteiger charge is -2.36. The van der Waals surface area contributed by atoms with Gasteiger partial charge in [-0.15, -0.1) is 0 Å². The van der Waals surface area contributed by atoms with Gasteiger partial charge in [-0.05, 0) is 37.5 Å². The summed E-state index contributed by atoms with van der Waals surface area (Å²) in [5.74, 6) is 2.34. The standard InChI is InChI=1S/C12H17N3/c1-10-8-11(14-4-2-5-14)13-12(9-10)15-6-3-7-15/h8-9H,2-7H2,1H3. The highest BCUT2D eigenvalue weighted by atomic mass is 15.3. The first-order valence-electron chi connectivity index (χ1n) is 5.81. The Morgan fingerprint density at radius 3 is 1.73 bits per heavy atom. The molecule has 3 heteroatoms. The van der Waals surface area contributed by atoms with E-state index in [-0.39, 0.29) is 0 Å². The monoisotopic (exact) mass is 203 g/mol. The van der Waals surface area contributed by atoms with Gasteiger partial charge in [-0.25, -0.2) is 4.98 Å². The Morgan fingerprint density at radius 2 is 1.40 bits per heavy atom. The topological polar surface area (TPSA) is 19.4 Å². The van der Waals surface area contributed by atoms with E-state index in [1.54, 1.807) is 0 Å². The highest BCUT2D eigenvalue weighted by molar-refractivity contribution is 5.53. The largest absolute Gasteiger partial charge is 0.356 e. The van der Waals surface area contributed by atoms with E-state index in [0.717, 1.165) is 0 Å². The average Bonchev–Trinajstić information content (AvgIpc) is 1.95. The molecule has 0 bridgehead atoms. The molecule has 0 unspecified atom stereocenters.